The molecular formula is C13H24O2. The lowest BCUT2D eigenvalue weighted by Gasteiger charge is -2.37. The molecule has 0 amide bonds. The minimum atomic E-state index is -0.219. The number of methoxy groups -OCH3 is 1. The first kappa shape index (κ1) is 12.7. The standard InChI is InChI=1S/C13H24O2/c1-9(2)12(14)13(8-15-5)10(3)6-7-11(13)4/h9-11H,6-8H2,1-5H3. The van der Waals surface area contributed by atoms with Gasteiger partial charge in [-0.3, -0.25) is 4.79 Å². The molecule has 88 valence electrons. The van der Waals surface area contributed by atoms with Crippen molar-refractivity contribution in [3.05, 3.63) is 0 Å². The quantitative estimate of drug-likeness (QED) is 0.716. The van der Waals surface area contributed by atoms with Gasteiger partial charge in [0.25, 0.3) is 0 Å². The summed E-state index contributed by atoms with van der Waals surface area (Å²) in [5, 5.41) is 0. The summed E-state index contributed by atoms with van der Waals surface area (Å²) < 4.78 is 5.32. The molecule has 2 atom stereocenters. The van der Waals surface area contributed by atoms with Crippen LogP contribution in [-0.2, 0) is 9.53 Å². The fraction of sp³-hybridized carbons (Fsp3) is 0.923. The van der Waals surface area contributed by atoms with Gasteiger partial charge in [0.15, 0.2) is 0 Å². The van der Waals surface area contributed by atoms with Gasteiger partial charge in [-0.25, -0.2) is 0 Å². The largest absolute Gasteiger partial charge is 0.384 e. The highest BCUT2D eigenvalue weighted by atomic mass is 16.5. The number of Topliss-reactive ketones (excluding diaryl/α,β-unsaturated/α-hetero) is 1. The van der Waals surface area contributed by atoms with Gasteiger partial charge in [0, 0.05) is 13.0 Å². The minimum absolute atomic E-state index is 0.114. The number of rotatable bonds is 4. The molecular weight excluding hydrogens is 188 g/mol. The van der Waals surface area contributed by atoms with E-state index >= 15 is 0 Å². The lowest BCUT2D eigenvalue weighted by atomic mass is 9.68. The second kappa shape index (κ2) is 4.65. The van der Waals surface area contributed by atoms with Gasteiger partial charge in [0.05, 0.1) is 12.0 Å². The van der Waals surface area contributed by atoms with Gasteiger partial charge >= 0.3 is 0 Å². The van der Waals surface area contributed by atoms with Crippen LogP contribution in [0, 0.1) is 23.2 Å². The molecule has 1 aliphatic rings. The second-order valence-electron chi connectivity index (χ2n) is 5.37. The van der Waals surface area contributed by atoms with Gasteiger partial charge in [-0.1, -0.05) is 27.7 Å². The van der Waals surface area contributed by atoms with Crippen LogP contribution in [0.15, 0.2) is 0 Å². The zero-order valence-electron chi connectivity index (χ0n) is 10.7. The van der Waals surface area contributed by atoms with Gasteiger partial charge in [-0.15, -0.1) is 0 Å². The van der Waals surface area contributed by atoms with E-state index in [2.05, 4.69) is 13.8 Å². The van der Waals surface area contributed by atoms with Crippen molar-refractivity contribution in [2.24, 2.45) is 23.2 Å². The Morgan fingerprint density at radius 3 is 2.13 bits per heavy atom. The first-order valence-electron chi connectivity index (χ1n) is 6.00. The average molecular weight is 212 g/mol. The molecule has 0 spiro atoms. The van der Waals surface area contributed by atoms with Gasteiger partial charge in [0.1, 0.15) is 5.78 Å². The van der Waals surface area contributed by atoms with Gasteiger partial charge in [-0.05, 0) is 24.7 Å². The Morgan fingerprint density at radius 1 is 1.33 bits per heavy atom. The molecule has 1 aliphatic carbocycles. The summed E-state index contributed by atoms with van der Waals surface area (Å²) >= 11 is 0. The maximum absolute atomic E-state index is 12.4. The number of hydrogen-bond acceptors (Lipinski definition) is 2. The lowest BCUT2D eigenvalue weighted by Crippen LogP contribution is -2.44. The molecule has 0 heterocycles. The van der Waals surface area contributed by atoms with Crippen LogP contribution in [0.2, 0.25) is 0 Å². The van der Waals surface area contributed by atoms with Gasteiger partial charge in [-0.2, -0.15) is 0 Å². The van der Waals surface area contributed by atoms with Crippen molar-refractivity contribution < 1.29 is 9.53 Å². The summed E-state index contributed by atoms with van der Waals surface area (Å²) in [6.07, 6.45) is 2.31. The fourth-order valence-electron chi connectivity index (χ4n) is 3.12. The van der Waals surface area contributed by atoms with E-state index < -0.39 is 0 Å². The van der Waals surface area contributed by atoms with Crippen molar-refractivity contribution in [1.82, 2.24) is 0 Å². The number of carbonyl (C=O) groups excluding carboxylic acids is 1. The van der Waals surface area contributed by atoms with Gasteiger partial charge < -0.3 is 4.74 Å². The monoisotopic (exact) mass is 212 g/mol. The third-order valence-corrected chi connectivity index (χ3v) is 4.16. The molecule has 1 rings (SSSR count). The van der Waals surface area contributed by atoms with Crippen LogP contribution in [-0.4, -0.2) is 19.5 Å². The van der Waals surface area contributed by atoms with Crippen LogP contribution in [0.1, 0.15) is 40.5 Å². The molecule has 0 aliphatic heterocycles. The molecule has 0 bridgehead atoms. The van der Waals surface area contributed by atoms with E-state index in [0.717, 1.165) is 12.8 Å². The molecule has 0 aromatic carbocycles. The van der Waals surface area contributed by atoms with Crippen molar-refractivity contribution in [2.45, 2.75) is 40.5 Å². The fourth-order valence-corrected chi connectivity index (χ4v) is 3.12. The summed E-state index contributed by atoms with van der Waals surface area (Å²) in [4.78, 5) is 12.4. The lowest BCUT2D eigenvalue weighted by molar-refractivity contribution is -0.140. The first-order valence-corrected chi connectivity index (χ1v) is 6.00. The highest BCUT2D eigenvalue weighted by Crippen LogP contribution is 2.49. The van der Waals surface area contributed by atoms with Crippen molar-refractivity contribution in [2.75, 3.05) is 13.7 Å². The van der Waals surface area contributed by atoms with Crippen molar-refractivity contribution in [3.8, 4) is 0 Å². The summed E-state index contributed by atoms with van der Waals surface area (Å²) in [5.74, 6) is 1.43. The maximum Gasteiger partial charge on any atom is 0.144 e. The molecule has 0 radical (unpaired) electrons. The van der Waals surface area contributed by atoms with Crippen molar-refractivity contribution >= 4 is 5.78 Å². The van der Waals surface area contributed by atoms with Crippen molar-refractivity contribution in [3.63, 3.8) is 0 Å². The van der Waals surface area contributed by atoms with Crippen molar-refractivity contribution in [1.29, 1.82) is 0 Å². The average Bonchev–Trinajstić information content (AvgIpc) is 2.46. The summed E-state index contributed by atoms with van der Waals surface area (Å²) in [7, 11) is 1.70. The van der Waals surface area contributed by atoms with Crippen LogP contribution in [0.5, 0.6) is 0 Å². The molecule has 15 heavy (non-hydrogen) atoms. The summed E-state index contributed by atoms with van der Waals surface area (Å²) in [6, 6.07) is 0. The topological polar surface area (TPSA) is 26.3 Å². The van der Waals surface area contributed by atoms with E-state index in [9.17, 15) is 4.79 Å². The van der Waals surface area contributed by atoms with Crippen LogP contribution in [0.4, 0.5) is 0 Å². The van der Waals surface area contributed by atoms with Crippen LogP contribution in [0.25, 0.3) is 0 Å². The second-order valence-corrected chi connectivity index (χ2v) is 5.37. The van der Waals surface area contributed by atoms with E-state index in [-0.39, 0.29) is 11.3 Å². The Hall–Kier alpha value is -0.370. The van der Waals surface area contributed by atoms with E-state index in [0.29, 0.717) is 24.2 Å². The van der Waals surface area contributed by atoms with E-state index in [1.54, 1.807) is 7.11 Å². The number of ether oxygens (including phenoxy) is 1. The zero-order valence-corrected chi connectivity index (χ0v) is 10.7. The highest BCUT2D eigenvalue weighted by molar-refractivity contribution is 5.87. The number of carbonyl (C=O) groups is 1. The minimum Gasteiger partial charge on any atom is -0.384 e. The normalized spacial score (nSPS) is 36.1. The van der Waals surface area contributed by atoms with E-state index in [1.165, 1.54) is 0 Å². The molecule has 2 heteroatoms. The summed E-state index contributed by atoms with van der Waals surface area (Å²) in [5.41, 5.74) is -0.219. The number of ketones is 1. The Balaban J connectivity index is 3.01. The molecule has 2 unspecified atom stereocenters. The van der Waals surface area contributed by atoms with Crippen LogP contribution in [0.3, 0.4) is 0 Å². The molecule has 0 aromatic heterocycles. The van der Waals surface area contributed by atoms with Crippen LogP contribution < -0.4 is 0 Å². The first-order chi connectivity index (χ1) is 6.96. The Kier molecular flexibility index (Phi) is 3.93. The smallest absolute Gasteiger partial charge is 0.144 e. The SMILES string of the molecule is COCC1(C(=O)C(C)C)C(C)CCC1C. The third kappa shape index (κ3) is 1.96. The molecule has 0 N–H and O–H groups in total. The predicted octanol–water partition coefficient (Wildman–Crippen LogP) is 2.91. The molecule has 1 saturated carbocycles. The Labute approximate surface area is 93.4 Å². The number of hydrogen-bond donors (Lipinski definition) is 0. The Morgan fingerprint density at radius 2 is 1.80 bits per heavy atom. The van der Waals surface area contributed by atoms with E-state index in [4.69, 9.17) is 4.74 Å². The zero-order chi connectivity index (χ0) is 11.6. The molecule has 0 aromatic rings. The van der Waals surface area contributed by atoms with Gasteiger partial charge in [0.2, 0.25) is 0 Å². The molecule has 2 nitrogen and oxygen atoms in total. The molecule has 1 fully saturated rings. The summed E-state index contributed by atoms with van der Waals surface area (Å²) in [6.45, 7) is 8.98. The third-order valence-electron chi connectivity index (χ3n) is 4.16. The maximum atomic E-state index is 12.4. The van der Waals surface area contributed by atoms with Crippen LogP contribution >= 0.6 is 0 Å². The molecule has 0 saturated heterocycles. The highest BCUT2D eigenvalue weighted by Gasteiger charge is 2.51. The predicted molar refractivity (Wildman–Crippen MR) is 61.7 cm³/mol. The Bertz CT molecular complexity index is 223. The van der Waals surface area contributed by atoms with E-state index in [1.807, 2.05) is 13.8 Å².